The largest absolute Gasteiger partial charge is 0.487 e. The summed E-state index contributed by atoms with van der Waals surface area (Å²) in [6.07, 6.45) is -0.0112. The van der Waals surface area contributed by atoms with Crippen LogP contribution in [0.3, 0.4) is 0 Å². The Morgan fingerprint density at radius 1 is 1.03 bits per heavy atom. The van der Waals surface area contributed by atoms with Crippen LogP contribution in [0.2, 0.25) is 0 Å². The van der Waals surface area contributed by atoms with E-state index >= 15 is 0 Å². The normalized spacial score (nSPS) is 22.6. The van der Waals surface area contributed by atoms with Gasteiger partial charge >= 0.3 is 0 Å². The molecule has 1 saturated heterocycles. The van der Waals surface area contributed by atoms with Gasteiger partial charge in [0.25, 0.3) is 0 Å². The van der Waals surface area contributed by atoms with Crippen LogP contribution in [-0.4, -0.2) is 50.0 Å². The van der Waals surface area contributed by atoms with Gasteiger partial charge in [0, 0.05) is 37.8 Å². The third-order valence-electron chi connectivity index (χ3n) is 6.96. The van der Waals surface area contributed by atoms with Crippen molar-refractivity contribution in [2.45, 2.75) is 43.6 Å². The number of anilines is 1. The minimum atomic E-state index is -0.452. The summed E-state index contributed by atoms with van der Waals surface area (Å²) >= 11 is 0. The Kier molecular flexibility index (Phi) is 6.75. The lowest BCUT2D eigenvalue weighted by Gasteiger charge is -2.37. The number of carbonyl (C=O) groups is 1. The third-order valence-corrected chi connectivity index (χ3v) is 6.96. The third kappa shape index (κ3) is 5.04. The SMILES string of the molecule is CN(C)c1ccc2c(c1)[C@@H]1C[C@@H](CC(=O)NCc3ccc(-c4ccccc4)cc3)O[C@H](CO)[C@@H]1O2. The van der Waals surface area contributed by atoms with E-state index in [-0.39, 0.29) is 37.1 Å². The van der Waals surface area contributed by atoms with Crippen molar-refractivity contribution < 1.29 is 19.4 Å². The Bertz CT molecular complexity index is 1160. The summed E-state index contributed by atoms with van der Waals surface area (Å²) in [4.78, 5) is 14.8. The van der Waals surface area contributed by atoms with Crippen LogP contribution >= 0.6 is 0 Å². The van der Waals surface area contributed by atoms with E-state index in [1.807, 2.05) is 56.6 Å². The molecule has 2 aliphatic heterocycles. The molecule has 0 aliphatic carbocycles. The molecule has 3 aromatic carbocycles. The Morgan fingerprint density at radius 2 is 1.77 bits per heavy atom. The van der Waals surface area contributed by atoms with Gasteiger partial charge in [-0.15, -0.1) is 0 Å². The minimum Gasteiger partial charge on any atom is -0.487 e. The highest BCUT2D eigenvalue weighted by Crippen LogP contribution is 2.47. The Labute approximate surface area is 206 Å². The number of benzene rings is 3. The van der Waals surface area contributed by atoms with E-state index < -0.39 is 6.10 Å². The summed E-state index contributed by atoms with van der Waals surface area (Å²) in [5.74, 6) is 0.884. The summed E-state index contributed by atoms with van der Waals surface area (Å²) in [5.41, 5.74) is 5.60. The number of aliphatic hydroxyl groups excluding tert-OH is 1. The number of nitrogens with one attached hydrogen (secondary N) is 1. The van der Waals surface area contributed by atoms with Gasteiger partial charge in [0.15, 0.2) is 0 Å². The smallest absolute Gasteiger partial charge is 0.222 e. The predicted octanol–water partition coefficient (Wildman–Crippen LogP) is 4.12. The molecule has 0 bridgehead atoms. The summed E-state index contributed by atoms with van der Waals surface area (Å²) in [6.45, 7) is 0.329. The second-order valence-electron chi connectivity index (χ2n) is 9.56. The number of amides is 1. The average molecular weight is 473 g/mol. The van der Waals surface area contributed by atoms with E-state index in [0.29, 0.717) is 13.0 Å². The lowest BCUT2D eigenvalue weighted by atomic mass is 9.84. The van der Waals surface area contributed by atoms with Crippen LogP contribution in [0, 0.1) is 0 Å². The molecule has 0 aromatic heterocycles. The Hall–Kier alpha value is -3.35. The van der Waals surface area contributed by atoms with Crippen molar-refractivity contribution in [3.63, 3.8) is 0 Å². The zero-order chi connectivity index (χ0) is 24.4. The molecule has 6 nitrogen and oxygen atoms in total. The molecule has 35 heavy (non-hydrogen) atoms. The molecule has 4 atom stereocenters. The molecule has 1 amide bonds. The van der Waals surface area contributed by atoms with Crippen molar-refractivity contribution in [2.24, 2.45) is 0 Å². The van der Waals surface area contributed by atoms with Crippen molar-refractivity contribution in [2.75, 3.05) is 25.6 Å². The standard InChI is InChI=1S/C29H32N2O4/c1-31(2)22-12-13-26-24(14-22)25-15-23(34-27(18-32)29(25)35-26)16-28(33)30-17-19-8-10-21(11-9-19)20-6-4-3-5-7-20/h3-14,23,25,27,29,32H,15-18H2,1-2H3,(H,30,33)/t23-,25-,27+,29+/m0/s1. The highest BCUT2D eigenvalue weighted by atomic mass is 16.6. The van der Waals surface area contributed by atoms with Gasteiger partial charge in [-0.3, -0.25) is 4.79 Å². The number of hydrogen-bond donors (Lipinski definition) is 2. The van der Waals surface area contributed by atoms with Gasteiger partial charge in [-0.1, -0.05) is 54.6 Å². The maximum absolute atomic E-state index is 12.8. The quantitative estimate of drug-likeness (QED) is 0.541. The Morgan fingerprint density at radius 3 is 2.49 bits per heavy atom. The van der Waals surface area contributed by atoms with Crippen molar-refractivity contribution in [1.82, 2.24) is 5.32 Å². The average Bonchev–Trinajstić information content (AvgIpc) is 3.25. The van der Waals surface area contributed by atoms with E-state index in [4.69, 9.17) is 9.47 Å². The van der Waals surface area contributed by atoms with Gasteiger partial charge in [-0.25, -0.2) is 0 Å². The molecule has 6 heteroatoms. The molecule has 0 unspecified atom stereocenters. The van der Waals surface area contributed by atoms with E-state index in [9.17, 15) is 9.90 Å². The fourth-order valence-electron chi connectivity index (χ4n) is 5.08. The second kappa shape index (κ2) is 10.1. The monoisotopic (exact) mass is 472 g/mol. The highest BCUT2D eigenvalue weighted by Gasteiger charge is 2.46. The molecule has 5 rings (SSSR count). The lowest BCUT2D eigenvalue weighted by molar-refractivity contribution is -0.142. The lowest BCUT2D eigenvalue weighted by Crippen LogP contribution is -2.47. The fourth-order valence-corrected chi connectivity index (χ4v) is 5.08. The molecule has 2 heterocycles. The van der Waals surface area contributed by atoms with Gasteiger partial charge in [-0.05, 0) is 41.3 Å². The number of rotatable bonds is 7. The zero-order valence-electron chi connectivity index (χ0n) is 20.2. The van der Waals surface area contributed by atoms with Crippen LogP contribution in [-0.2, 0) is 16.1 Å². The van der Waals surface area contributed by atoms with Crippen molar-refractivity contribution in [3.8, 4) is 16.9 Å². The van der Waals surface area contributed by atoms with Crippen LogP contribution in [0.15, 0.2) is 72.8 Å². The van der Waals surface area contributed by atoms with Crippen LogP contribution in [0.5, 0.6) is 5.75 Å². The first-order valence-electron chi connectivity index (χ1n) is 12.2. The van der Waals surface area contributed by atoms with E-state index in [2.05, 4.69) is 40.5 Å². The minimum absolute atomic E-state index is 0.0570. The zero-order valence-corrected chi connectivity index (χ0v) is 20.2. The first-order valence-corrected chi connectivity index (χ1v) is 12.2. The fraction of sp³-hybridized carbons (Fsp3) is 0.345. The number of carbonyl (C=O) groups excluding carboxylic acids is 1. The molecule has 0 spiro atoms. The van der Waals surface area contributed by atoms with Gasteiger partial charge in [-0.2, -0.15) is 0 Å². The first kappa shape index (κ1) is 23.4. The molecule has 1 fully saturated rings. The summed E-state index contributed by atoms with van der Waals surface area (Å²) in [5, 5.41) is 13.0. The summed E-state index contributed by atoms with van der Waals surface area (Å²) in [6, 6.07) is 24.6. The van der Waals surface area contributed by atoms with Crippen LogP contribution < -0.4 is 15.0 Å². The maximum Gasteiger partial charge on any atom is 0.222 e. The summed E-state index contributed by atoms with van der Waals surface area (Å²) < 4.78 is 12.2. The van der Waals surface area contributed by atoms with Crippen molar-refractivity contribution in [1.29, 1.82) is 0 Å². The maximum atomic E-state index is 12.8. The number of ether oxygens (including phenoxy) is 2. The van der Waals surface area contributed by atoms with Crippen molar-refractivity contribution >= 4 is 11.6 Å². The van der Waals surface area contributed by atoms with Gasteiger partial charge in [0.2, 0.25) is 5.91 Å². The van der Waals surface area contributed by atoms with Crippen LogP contribution in [0.25, 0.3) is 11.1 Å². The number of nitrogens with zero attached hydrogens (tertiary/aromatic N) is 1. The predicted molar refractivity (Wildman–Crippen MR) is 137 cm³/mol. The topological polar surface area (TPSA) is 71.0 Å². The van der Waals surface area contributed by atoms with Crippen LogP contribution in [0.1, 0.15) is 29.9 Å². The molecule has 2 N–H and O–H groups in total. The first-order chi connectivity index (χ1) is 17.0. The highest BCUT2D eigenvalue weighted by molar-refractivity contribution is 5.76. The molecule has 0 saturated carbocycles. The Balaban J connectivity index is 1.20. The van der Waals surface area contributed by atoms with Gasteiger partial charge in [0.05, 0.1) is 19.1 Å². The number of hydrogen-bond acceptors (Lipinski definition) is 5. The molecule has 2 aliphatic rings. The summed E-state index contributed by atoms with van der Waals surface area (Å²) in [7, 11) is 4.02. The van der Waals surface area contributed by atoms with Crippen molar-refractivity contribution in [3.05, 3.63) is 83.9 Å². The number of fused-ring (bicyclic) bond motifs is 3. The second-order valence-corrected chi connectivity index (χ2v) is 9.56. The molecular formula is C29H32N2O4. The molecule has 0 radical (unpaired) electrons. The molecular weight excluding hydrogens is 440 g/mol. The number of aliphatic hydroxyl groups is 1. The van der Waals surface area contributed by atoms with E-state index in [0.717, 1.165) is 28.1 Å². The molecule has 3 aromatic rings. The van der Waals surface area contributed by atoms with Gasteiger partial charge < -0.3 is 24.8 Å². The van der Waals surface area contributed by atoms with E-state index in [1.165, 1.54) is 5.56 Å². The molecule has 182 valence electrons. The van der Waals surface area contributed by atoms with Gasteiger partial charge in [0.1, 0.15) is 18.0 Å². The van der Waals surface area contributed by atoms with E-state index in [1.54, 1.807) is 0 Å². The van der Waals surface area contributed by atoms with Crippen LogP contribution in [0.4, 0.5) is 5.69 Å².